The smallest absolute Gasteiger partial charge is 0.410 e. The largest absolute Gasteiger partial charge is 0.442 e. The second-order valence-electron chi connectivity index (χ2n) is 14.9. The molecular formula is C32H54N4O6. The lowest BCUT2D eigenvalue weighted by Gasteiger charge is -2.50. The molecule has 2 rings (SSSR count). The van der Waals surface area contributed by atoms with Crippen LogP contribution in [0.1, 0.15) is 100 Å². The van der Waals surface area contributed by atoms with Gasteiger partial charge < -0.3 is 19.9 Å². The van der Waals surface area contributed by atoms with Crippen LogP contribution >= 0.6 is 0 Å². The van der Waals surface area contributed by atoms with Gasteiger partial charge in [-0.1, -0.05) is 33.8 Å². The molecule has 0 spiro atoms. The Bertz CT molecular complexity index is 1030. The van der Waals surface area contributed by atoms with Crippen LogP contribution in [0, 0.1) is 16.7 Å². The van der Waals surface area contributed by atoms with Crippen molar-refractivity contribution >= 4 is 30.2 Å². The third kappa shape index (κ3) is 9.30. The Labute approximate surface area is 252 Å². The topological polar surface area (TPSA) is 116 Å². The summed E-state index contributed by atoms with van der Waals surface area (Å²) < 4.78 is 5.66. The number of hydrogen-bond acceptors (Lipinski definition) is 6. The maximum absolute atomic E-state index is 13.4. The number of imide groups is 1. The van der Waals surface area contributed by atoms with Crippen molar-refractivity contribution in [1.82, 2.24) is 20.0 Å². The number of piperidine rings is 1. The fourth-order valence-electron chi connectivity index (χ4n) is 6.06. The van der Waals surface area contributed by atoms with Gasteiger partial charge in [-0.25, -0.2) is 4.79 Å². The number of likely N-dealkylation sites (N-methyl/N-ethyl adjacent to an activating group) is 2. The van der Waals surface area contributed by atoms with Crippen LogP contribution in [0.15, 0.2) is 12.2 Å². The zero-order valence-corrected chi connectivity index (χ0v) is 27.5. The van der Waals surface area contributed by atoms with Gasteiger partial charge in [-0.3, -0.25) is 24.1 Å². The van der Waals surface area contributed by atoms with Crippen LogP contribution in [0.25, 0.3) is 0 Å². The lowest BCUT2D eigenvalue weighted by atomic mass is 9.62. The van der Waals surface area contributed by atoms with Gasteiger partial charge in [0.15, 0.2) is 0 Å². The highest BCUT2D eigenvalue weighted by Gasteiger charge is 2.51. The number of allylic oxidation sites excluding steroid dienone is 1. The molecule has 0 radical (unpaired) electrons. The van der Waals surface area contributed by atoms with Crippen molar-refractivity contribution in [1.29, 1.82) is 0 Å². The van der Waals surface area contributed by atoms with E-state index in [-0.39, 0.29) is 29.1 Å². The van der Waals surface area contributed by atoms with E-state index in [1.165, 1.54) is 14.7 Å². The van der Waals surface area contributed by atoms with Crippen LogP contribution < -0.4 is 5.32 Å². The Balaban J connectivity index is 1.99. The van der Waals surface area contributed by atoms with Gasteiger partial charge in [0.2, 0.25) is 24.1 Å². The minimum Gasteiger partial charge on any atom is -0.442 e. The molecule has 5 amide bonds. The zero-order chi connectivity index (χ0) is 32.1. The predicted octanol–water partition coefficient (Wildman–Crippen LogP) is 4.52. The number of nitrogens with one attached hydrogen (secondary N) is 1. The molecule has 0 saturated carbocycles. The van der Waals surface area contributed by atoms with E-state index in [4.69, 9.17) is 4.74 Å². The first-order valence-corrected chi connectivity index (χ1v) is 15.1. The summed E-state index contributed by atoms with van der Waals surface area (Å²) in [5, 5.41) is 3.18. The van der Waals surface area contributed by atoms with Gasteiger partial charge in [0, 0.05) is 57.0 Å². The lowest BCUT2D eigenvalue weighted by molar-refractivity contribution is -0.164. The van der Waals surface area contributed by atoms with Crippen molar-refractivity contribution in [2.24, 2.45) is 16.7 Å². The molecule has 1 fully saturated rings. The van der Waals surface area contributed by atoms with Crippen molar-refractivity contribution in [3.05, 3.63) is 12.2 Å². The summed E-state index contributed by atoms with van der Waals surface area (Å²) in [6.45, 7) is 16.6. The van der Waals surface area contributed by atoms with Crippen LogP contribution in [-0.2, 0) is 23.9 Å². The maximum atomic E-state index is 13.4. The zero-order valence-electron chi connectivity index (χ0n) is 27.5. The first-order chi connectivity index (χ1) is 19.2. The van der Waals surface area contributed by atoms with Crippen molar-refractivity contribution < 1.29 is 28.7 Å². The number of carbonyl (C=O) groups is 5. The fourth-order valence-corrected chi connectivity index (χ4v) is 6.06. The third-order valence-electron chi connectivity index (χ3n) is 9.07. The van der Waals surface area contributed by atoms with Crippen LogP contribution in [0.4, 0.5) is 4.79 Å². The normalized spacial score (nSPS) is 22.5. The van der Waals surface area contributed by atoms with E-state index in [1.807, 2.05) is 46.8 Å². The minimum atomic E-state index is -0.778. The van der Waals surface area contributed by atoms with E-state index in [0.29, 0.717) is 64.4 Å². The number of nitrogens with zero attached hydrogens (tertiary/aromatic N) is 3. The summed E-state index contributed by atoms with van der Waals surface area (Å²) in [4.78, 5) is 67.7. The number of rotatable bonds is 10. The summed E-state index contributed by atoms with van der Waals surface area (Å²) in [7, 11) is 3.27. The number of ether oxygens (including phenoxy) is 1. The summed E-state index contributed by atoms with van der Waals surface area (Å²) in [6.07, 6.45) is 7.07. The molecule has 1 heterocycles. The molecule has 0 aromatic rings. The van der Waals surface area contributed by atoms with Crippen LogP contribution in [0.3, 0.4) is 0 Å². The Kier molecular flexibility index (Phi) is 11.4. The molecular weight excluding hydrogens is 536 g/mol. The third-order valence-corrected chi connectivity index (χ3v) is 9.07. The molecule has 2 unspecified atom stereocenters. The van der Waals surface area contributed by atoms with E-state index in [1.54, 1.807) is 14.1 Å². The number of likely N-dealkylation sites (tertiary alicyclic amines) is 1. The maximum Gasteiger partial charge on any atom is 0.410 e. The van der Waals surface area contributed by atoms with Gasteiger partial charge >= 0.3 is 6.09 Å². The average molecular weight is 591 g/mol. The summed E-state index contributed by atoms with van der Waals surface area (Å²) in [6, 6.07) is 0. The molecule has 1 N–H and O–H groups in total. The standard InChI is InChI=1S/C32H54N4O6/c1-29(2,3)32(8)19-25(38)36(26(39)20-32)31(6,7)21-30(4,5)33-27(40)23-13-11-12-14-24(16-15-23)42-28(41)35(10)18-17-34(9)22-37/h12,14,22-24H,11,13,15-21H2,1-10H3,(H,33,40)/b14-12+. The minimum absolute atomic E-state index is 0.0817. The molecule has 238 valence electrons. The molecule has 0 aromatic heterocycles. The highest BCUT2D eigenvalue weighted by Crippen LogP contribution is 2.48. The molecule has 0 aromatic carbocycles. The second kappa shape index (κ2) is 13.6. The molecule has 10 nitrogen and oxygen atoms in total. The predicted molar refractivity (Wildman–Crippen MR) is 162 cm³/mol. The lowest BCUT2D eigenvalue weighted by Crippen LogP contribution is -2.61. The first-order valence-electron chi connectivity index (χ1n) is 15.1. The summed E-state index contributed by atoms with van der Waals surface area (Å²) >= 11 is 0. The van der Waals surface area contributed by atoms with Crippen LogP contribution in [-0.4, -0.2) is 89.3 Å². The van der Waals surface area contributed by atoms with Gasteiger partial charge in [0.05, 0.1) is 0 Å². The Morgan fingerprint density at radius 2 is 1.62 bits per heavy atom. The van der Waals surface area contributed by atoms with Gasteiger partial charge in [0.1, 0.15) is 6.10 Å². The van der Waals surface area contributed by atoms with Crippen molar-refractivity contribution in [2.45, 2.75) is 118 Å². The molecule has 1 saturated heterocycles. The molecule has 0 bridgehead atoms. The summed E-state index contributed by atoms with van der Waals surface area (Å²) in [5.74, 6) is -0.667. The molecule has 2 atom stereocenters. The molecule has 2 aliphatic rings. The molecule has 42 heavy (non-hydrogen) atoms. The SMILES string of the molecule is CN(C=O)CCN(C)C(=O)OC1/C=C/CCC(C(=O)NC(C)(C)CC(C)(C)N2C(=O)CC(C)(C(C)(C)C)CC2=O)CC1. The molecule has 10 heteroatoms. The highest BCUT2D eigenvalue weighted by atomic mass is 16.6. The van der Waals surface area contributed by atoms with Crippen LogP contribution in [0.5, 0.6) is 0 Å². The Hall–Kier alpha value is -2.91. The van der Waals surface area contributed by atoms with Crippen molar-refractivity contribution in [2.75, 3.05) is 27.2 Å². The number of hydrogen-bond donors (Lipinski definition) is 1. The Morgan fingerprint density at radius 1 is 1.02 bits per heavy atom. The monoisotopic (exact) mass is 590 g/mol. The van der Waals surface area contributed by atoms with Gasteiger partial charge in [0.25, 0.3) is 0 Å². The van der Waals surface area contributed by atoms with Crippen molar-refractivity contribution in [3.63, 3.8) is 0 Å². The van der Waals surface area contributed by atoms with Gasteiger partial charge in [-0.05, 0) is 76.7 Å². The first kappa shape index (κ1) is 35.3. The Morgan fingerprint density at radius 3 is 2.17 bits per heavy atom. The van der Waals surface area contributed by atoms with E-state index >= 15 is 0 Å². The van der Waals surface area contributed by atoms with E-state index in [9.17, 15) is 24.0 Å². The van der Waals surface area contributed by atoms with E-state index < -0.39 is 28.7 Å². The fraction of sp³-hybridized carbons (Fsp3) is 0.781. The van der Waals surface area contributed by atoms with Gasteiger partial charge in [-0.15, -0.1) is 0 Å². The van der Waals surface area contributed by atoms with E-state index in [2.05, 4.69) is 26.1 Å². The quantitative estimate of drug-likeness (QED) is 0.227. The number of amides is 5. The van der Waals surface area contributed by atoms with Gasteiger partial charge in [-0.2, -0.15) is 0 Å². The van der Waals surface area contributed by atoms with Crippen LogP contribution in [0.2, 0.25) is 0 Å². The summed E-state index contributed by atoms with van der Waals surface area (Å²) in [5.41, 5.74) is -2.04. The molecule has 1 aliphatic heterocycles. The van der Waals surface area contributed by atoms with Crippen molar-refractivity contribution in [3.8, 4) is 0 Å². The van der Waals surface area contributed by atoms with E-state index in [0.717, 1.165) is 0 Å². The second-order valence-corrected chi connectivity index (χ2v) is 14.9. The average Bonchev–Trinajstić information content (AvgIpc) is 2.81. The number of carbonyl (C=O) groups excluding carboxylic acids is 5. The highest BCUT2D eigenvalue weighted by molar-refractivity contribution is 5.99. The molecule has 1 aliphatic carbocycles.